The summed E-state index contributed by atoms with van der Waals surface area (Å²) < 4.78 is 5.79. The van der Waals surface area contributed by atoms with Gasteiger partial charge in [-0.3, -0.25) is 0 Å². The van der Waals surface area contributed by atoms with Crippen molar-refractivity contribution in [3.05, 3.63) is 28.8 Å². The number of hydrogen-bond acceptors (Lipinski definition) is 2. The molecule has 0 aliphatic carbocycles. The molecule has 0 spiro atoms. The molecular formula is C15H20O3. The molecule has 0 unspecified atom stereocenters. The van der Waals surface area contributed by atoms with Crippen molar-refractivity contribution < 1.29 is 14.6 Å². The van der Waals surface area contributed by atoms with Crippen LogP contribution in [-0.4, -0.2) is 17.7 Å². The molecular weight excluding hydrogens is 228 g/mol. The maximum Gasteiger partial charge on any atom is 0.335 e. The zero-order valence-corrected chi connectivity index (χ0v) is 11.4. The molecule has 0 fully saturated rings. The summed E-state index contributed by atoms with van der Waals surface area (Å²) in [7, 11) is 0. The predicted molar refractivity (Wildman–Crippen MR) is 70.6 cm³/mol. The summed E-state index contributed by atoms with van der Waals surface area (Å²) in [6.45, 7) is 9.11. The van der Waals surface area contributed by atoms with Crippen molar-refractivity contribution >= 4 is 5.97 Å². The second-order valence-corrected chi connectivity index (χ2v) is 5.88. The summed E-state index contributed by atoms with van der Waals surface area (Å²) >= 11 is 0. The van der Waals surface area contributed by atoms with E-state index in [9.17, 15) is 9.90 Å². The Morgan fingerprint density at radius 2 is 2.06 bits per heavy atom. The van der Waals surface area contributed by atoms with Gasteiger partial charge in [-0.1, -0.05) is 27.7 Å². The van der Waals surface area contributed by atoms with Gasteiger partial charge in [0.25, 0.3) is 0 Å². The van der Waals surface area contributed by atoms with Crippen LogP contribution in [0.5, 0.6) is 5.75 Å². The largest absolute Gasteiger partial charge is 0.493 e. The number of carbonyl (C=O) groups is 1. The van der Waals surface area contributed by atoms with Crippen LogP contribution < -0.4 is 4.74 Å². The average Bonchev–Trinajstić information content (AvgIpc) is 2.27. The molecule has 1 aromatic carbocycles. The second kappa shape index (κ2) is 4.30. The molecule has 0 saturated carbocycles. The molecule has 0 radical (unpaired) electrons. The van der Waals surface area contributed by atoms with Gasteiger partial charge in [0.05, 0.1) is 12.2 Å². The fourth-order valence-corrected chi connectivity index (χ4v) is 2.41. The lowest BCUT2D eigenvalue weighted by molar-refractivity contribution is 0.0696. The molecule has 98 valence electrons. The summed E-state index contributed by atoms with van der Waals surface area (Å²) in [4.78, 5) is 11.2. The number of rotatable bonds is 2. The number of aromatic carboxylic acids is 1. The molecule has 0 aromatic heterocycles. The molecule has 1 aliphatic rings. The minimum atomic E-state index is -0.874. The van der Waals surface area contributed by atoms with Crippen LogP contribution in [0, 0.1) is 0 Å². The third-order valence-corrected chi connectivity index (χ3v) is 3.69. The summed E-state index contributed by atoms with van der Waals surface area (Å²) in [5, 5.41) is 9.22. The topological polar surface area (TPSA) is 46.5 Å². The van der Waals surface area contributed by atoms with Gasteiger partial charge < -0.3 is 9.84 Å². The molecule has 0 amide bonds. The Hall–Kier alpha value is -1.51. The molecule has 1 N–H and O–H groups in total. The molecule has 1 aromatic rings. The van der Waals surface area contributed by atoms with E-state index < -0.39 is 5.97 Å². The van der Waals surface area contributed by atoms with E-state index in [4.69, 9.17) is 4.74 Å². The summed E-state index contributed by atoms with van der Waals surface area (Å²) in [6, 6.07) is 3.51. The van der Waals surface area contributed by atoms with Crippen LogP contribution in [0.2, 0.25) is 0 Å². The SMILES string of the molecule is CC(C)c1cc(C(=O)O)cc2c1OCCC2(C)C. The first-order chi connectivity index (χ1) is 8.33. The van der Waals surface area contributed by atoms with E-state index in [1.165, 1.54) is 0 Å². The lowest BCUT2D eigenvalue weighted by atomic mass is 9.77. The highest BCUT2D eigenvalue weighted by atomic mass is 16.5. The van der Waals surface area contributed by atoms with E-state index >= 15 is 0 Å². The van der Waals surface area contributed by atoms with Crippen molar-refractivity contribution in [1.82, 2.24) is 0 Å². The Bertz CT molecular complexity index is 487. The minimum Gasteiger partial charge on any atom is -0.493 e. The summed E-state index contributed by atoms with van der Waals surface area (Å²) in [6.07, 6.45) is 0.917. The van der Waals surface area contributed by atoms with E-state index in [0.717, 1.165) is 23.3 Å². The van der Waals surface area contributed by atoms with E-state index in [2.05, 4.69) is 27.7 Å². The van der Waals surface area contributed by atoms with Gasteiger partial charge in [0.1, 0.15) is 5.75 Å². The standard InChI is InChI=1S/C15H20O3/c1-9(2)11-7-10(14(16)17)8-12-13(11)18-6-5-15(12,3)4/h7-9H,5-6H2,1-4H3,(H,16,17). The number of benzene rings is 1. The fraction of sp³-hybridized carbons (Fsp3) is 0.533. The maximum absolute atomic E-state index is 11.2. The second-order valence-electron chi connectivity index (χ2n) is 5.88. The zero-order valence-electron chi connectivity index (χ0n) is 11.4. The fourth-order valence-electron chi connectivity index (χ4n) is 2.41. The smallest absolute Gasteiger partial charge is 0.335 e. The van der Waals surface area contributed by atoms with E-state index in [-0.39, 0.29) is 11.3 Å². The lowest BCUT2D eigenvalue weighted by Crippen LogP contribution is -2.28. The Kier molecular flexibility index (Phi) is 3.09. The van der Waals surface area contributed by atoms with Crippen molar-refractivity contribution in [2.75, 3.05) is 6.61 Å². The first kappa shape index (κ1) is 12.9. The van der Waals surface area contributed by atoms with Crippen molar-refractivity contribution in [2.24, 2.45) is 0 Å². The predicted octanol–water partition coefficient (Wildman–Crippen LogP) is 3.57. The molecule has 2 rings (SSSR count). The number of ether oxygens (including phenoxy) is 1. The Morgan fingerprint density at radius 1 is 1.39 bits per heavy atom. The number of carboxylic acids is 1. The van der Waals surface area contributed by atoms with Crippen LogP contribution in [0.25, 0.3) is 0 Å². The van der Waals surface area contributed by atoms with Crippen LogP contribution in [0.3, 0.4) is 0 Å². The zero-order chi connectivity index (χ0) is 13.5. The summed E-state index contributed by atoms with van der Waals surface area (Å²) in [5.74, 6) is 0.277. The molecule has 0 saturated heterocycles. The van der Waals surface area contributed by atoms with Crippen molar-refractivity contribution in [1.29, 1.82) is 0 Å². The van der Waals surface area contributed by atoms with E-state index in [1.807, 2.05) is 0 Å². The molecule has 1 aliphatic heterocycles. The van der Waals surface area contributed by atoms with Gasteiger partial charge >= 0.3 is 5.97 Å². The van der Waals surface area contributed by atoms with Gasteiger partial charge in [0.15, 0.2) is 0 Å². The van der Waals surface area contributed by atoms with Gasteiger partial charge in [-0.2, -0.15) is 0 Å². The Labute approximate surface area is 108 Å². The highest BCUT2D eigenvalue weighted by Crippen LogP contribution is 2.43. The number of hydrogen-bond donors (Lipinski definition) is 1. The summed E-state index contributed by atoms with van der Waals surface area (Å²) in [5.41, 5.74) is 2.36. The van der Waals surface area contributed by atoms with Gasteiger partial charge in [0, 0.05) is 5.56 Å². The molecule has 3 heteroatoms. The molecule has 0 atom stereocenters. The van der Waals surface area contributed by atoms with E-state index in [1.54, 1.807) is 12.1 Å². The van der Waals surface area contributed by atoms with Crippen LogP contribution >= 0.6 is 0 Å². The van der Waals surface area contributed by atoms with E-state index in [0.29, 0.717) is 12.2 Å². The van der Waals surface area contributed by atoms with Crippen LogP contribution in [-0.2, 0) is 5.41 Å². The van der Waals surface area contributed by atoms with Crippen LogP contribution in [0.1, 0.15) is 61.5 Å². The monoisotopic (exact) mass is 248 g/mol. The molecule has 18 heavy (non-hydrogen) atoms. The van der Waals surface area contributed by atoms with Gasteiger partial charge in [-0.15, -0.1) is 0 Å². The van der Waals surface area contributed by atoms with Gasteiger partial charge in [0.2, 0.25) is 0 Å². The van der Waals surface area contributed by atoms with Gasteiger partial charge in [-0.25, -0.2) is 4.79 Å². The third kappa shape index (κ3) is 2.09. The highest BCUT2D eigenvalue weighted by molar-refractivity contribution is 5.88. The average molecular weight is 248 g/mol. The Morgan fingerprint density at radius 3 is 2.61 bits per heavy atom. The molecule has 0 bridgehead atoms. The van der Waals surface area contributed by atoms with Crippen LogP contribution in [0.15, 0.2) is 12.1 Å². The lowest BCUT2D eigenvalue weighted by Gasteiger charge is -2.34. The Balaban J connectivity index is 2.69. The molecule has 1 heterocycles. The number of fused-ring (bicyclic) bond motifs is 1. The first-order valence-electron chi connectivity index (χ1n) is 6.37. The maximum atomic E-state index is 11.2. The third-order valence-electron chi connectivity index (χ3n) is 3.69. The van der Waals surface area contributed by atoms with Crippen molar-refractivity contribution in [3.63, 3.8) is 0 Å². The highest BCUT2D eigenvalue weighted by Gasteiger charge is 2.32. The quantitative estimate of drug-likeness (QED) is 0.870. The molecule has 3 nitrogen and oxygen atoms in total. The van der Waals surface area contributed by atoms with Gasteiger partial charge in [-0.05, 0) is 35.4 Å². The van der Waals surface area contributed by atoms with Crippen molar-refractivity contribution in [2.45, 2.75) is 45.4 Å². The van der Waals surface area contributed by atoms with Crippen molar-refractivity contribution in [3.8, 4) is 5.75 Å². The number of carboxylic acid groups (broad SMARTS) is 1. The van der Waals surface area contributed by atoms with Crippen LogP contribution in [0.4, 0.5) is 0 Å². The minimum absolute atomic E-state index is 0.0251. The normalized spacial score (nSPS) is 17.2. The first-order valence-corrected chi connectivity index (χ1v) is 6.37.